The average molecular weight is 411 g/mol. The van der Waals surface area contributed by atoms with Crippen molar-refractivity contribution in [2.24, 2.45) is 0 Å². The second kappa shape index (κ2) is 11.2. The molecule has 0 aliphatic heterocycles. The van der Waals surface area contributed by atoms with E-state index in [1.54, 1.807) is 0 Å². The maximum Gasteiger partial charge on any atom is 0.325 e. The summed E-state index contributed by atoms with van der Waals surface area (Å²) in [4.78, 5) is 16.4. The Hall–Kier alpha value is -2.33. The van der Waals surface area contributed by atoms with Crippen LogP contribution in [0.5, 0.6) is 5.75 Å². The number of anilines is 1. The summed E-state index contributed by atoms with van der Waals surface area (Å²) < 4.78 is 5.66. The van der Waals surface area contributed by atoms with Gasteiger partial charge in [0.15, 0.2) is 0 Å². The molecule has 2 rings (SSSR count). The summed E-state index contributed by atoms with van der Waals surface area (Å²) in [6.07, 6.45) is 2.90. The number of nitrogens with zero attached hydrogens (tertiary/aromatic N) is 2. The Balaban J connectivity index is 2.07. The van der Waals surface area contributed by atoms with Gasteiger partial charge in [0.2, 0.25) is 0 Å². The van der Waals surface area contributed by atoms with Gasteiger partial charge in [-0.1, -0.05) is 24.3 Å². The molecule has 0 heterocycles. The van der Waals surface area contributed by atoms with E-state index in [0.29, 0.717) is 17.8 Å². The van der Waals surface area contributed by atoms with E-state index in [0.717, 1.165) is 24.8 Å². The van der Waals surface area contributed by atoms with Crippen LogP contribution in [-0.2, 0) is 17.6 Å². The van der Waals surface area contributed by atoms with Crippen LogP contribution in [0.15, 0.2) is 42.5 Å². The van der Waals surface area contributed by atoms with Crippen molar-refractivity contribution in [3.8, 4) is 5.75 Å². The van der Waals surface area contributed by atoms with E-state index >= 15 is 0 Å². The lowest BCUT2D eigenvalue weighted by atomic mass is 9.99. The van der Waals surface area contributed by atoms with Crippen LogP contribution in [-0.4, -0.2) is 43.6 Å². The molecule has 0 saturated carbocycles. The number of hydrogen-bond donors (Lipinski definition) is 0. The van der Waals surface area contributed by atoms with E-state index in [2.05, 4.69) is 69.9 Å². The Morgan fingerprint density at radius 2 is 1.63 bits per heavy atom. The van der Waals surface area contributed by atoms with Crippen molar-refractivity contribution < 1.29 is 9.53 Å². The molecule has 30 heavy (non-hydrogen) atoms. The SMILES string of the molecule is Cc1cccc(OC(=O)CN(C)C)c1CCCc1cccc(N(C(C)C)C(C)C)c1. The molecular weight excluding hydrogens is 372 g/mol. The smallest absolute Gasteiger partial charge is 0.325 e. The van der Waals surface area contributed by atoms with E-state index < -0.39 is 0 Å². The maximum absolute atomic E-state index is 12.1. The summed E-state index contributed by atoms with van der Waals surface area (Å²) >= 11 is 0. The van der Waals surface area contributed by atoms with Crippen molar-refractivity contribution in [1.29, 1.82) is 0 Å². The number of ether oxygens (including phenoxy) is 1. The van der Waals surface area contributed by atoms with Gasteiger partial charge in [-0.2, -0.15) is 0 Å². The first kappa shape index (κ1) is 23.9. The Labute approximate surface area is 182 Å². The van der Waals surface area contributed by atoms with Crippen LogP contribution in [0, 0.1) is 6.92 Å². The second-order valence-electron chi connectivity index (χ2n) is 8.88. The van der Waals surface area contributed by atoms with Crippen molar-refractivity contribution in [2.75, 3.05) is 25.5 Å². The van der Waals surface area contributed by atoms with Crippen LogP contribution in [0.2, 0.25) is 0 Å². The minimum Gasteiger partial charge on any atom is -0.425 e. The predicted molar refractivity (Wildman–Crippen MR) is 127 cm³/mol. The first-order valence-corrected chi connectivity index (χ1v) is 11.0. The molecule has 4 nitrogen and oxygen atoms in total. The van der Waals surface area contributed by atoms with Crippen LogP contribution in [0.4, 0.5) is 5.69 Å². The maximum atomic E-state index is 12.1. The largest absolute Gasteiger partial charge is 0.425 e. The molecule has 4 heteroatoms. The third kappa shape index (κ3) is 6.88. The summed E-state index contributed by atoms with van der Waals surface area (Å²) in [6.45, 7) is 11.3. The fourth-order valence-corrected chi connectivity index (χ4v) is 4.04. The zero-order valence-electron chi connectivity index (χ0n) is 19.7. The number of likely N-dealkylation sites (N-methyl/N-ethyl adjacent to an activating group) is 1. The molecule has 2 aromatic carbocycles. The van der Waals surface area contributed by atoms with Crippen molar-refractivity contribution >= 4 is 11.7 Å². The number of esters is 1. The normalized spacial score (nSPS) is 11.4. The van der Waals surface area contributed by atoms with Gasteiger partial charge in [0, 0.05) is 17.8 Å². The highest BCUT2D eigenvalue weighted by molar-refractivity contribution is 5.75. The van der Waals surface area contributed by atoms with Crippen molar-refractivity contribution in [3.63, 3.8) is 0 Å². The van der Waals surface area contributed by atoms with Gasteiger partial charge >= 0.3 is 5.97 Å². The molecule has 0 saturated heterocycles. The molecule has 0 atom stereocenters. The molecule has 164 valence electrons. The average Bonchev–Trinajstić information content (AvgIpc) is 2.63. The highest BCUT2D eigenvalue weighted by Gasteiger charge is 2.15. The van der Waals surface area contributed by atoms with Crippen LogP contribution < -0.4 is 9.64 Å². The Kier molecular flexibility index (Phi) is 8.91. The van der Waals surface area contributed by atoms with Crippen LogP contribution in [0.3, 0.4) is 0 Å². The first-order chi connectivity index (χ1) is 14.2. The topological polar surface area (TPSA) is 32.8 Å². The summed E-state index contributed by atoms with van der Waals surface area (Å²) in [5.41, 5.74) is 4.93. The minimum atomic E-state index is -0.220. The minimum absolute atomic E-state index is 0.220. The Bertz CT molecular complexity index is 820. The summed E-state index contributed by atoms with van der Waals surface area (Å²) in [5, 5.41) is 0. The third-order valence-corrected chi connectivity index (χ3v) is 5.25. The lowest BCUT2D eigenvalue weighted by molar-refractivity contribution is -0.135. The zero-order valence-corrected chi connectivity index (χ0v) is 19.7. The van der Waals surface area contributed by atoms with Gasteiger partial charge in [-0.05, 0) is 103 Å². The number of hydrogen-bond acceptors (Lipinski definition) is 4. The Morgan fingerprint density at radius 1 is 0.967 bits per heavy atom. The highest BCUT2D eigenvalue weighted by Crippen LogP contribution is 2.26. The van der Waals surface area contributed by atoms with Crippen molar-refractivity contribution in [1.82, 2.24) is 4.90 Å². The second-order valence-corrected chi connectivity index (χ2v) is 8.88. The number of rotatable bonds is 10. The van der Waals surface area contributed by atoms with E-state index in [9.17, 15) is 4.79 Å². The fraction of sp³-hybridized carbons (Fsp3) is 0.500. The molecule has 0 fully saturated rings. The number of benzene rings is 2. The van der Waals surface area contributed by atoms with E-state index in [-0.39, 0.29) is 12.5 Å². The molecule has 0 amide bonds. The monoisotopic (exact) mass is 410 g/mol. The van der Waals surface area contributed by atoms with Gasteiger partial charge in [-0.15, -0.1) is 0 Å². The Morgan fingerprint density at radius 3 is 2.27 bits per heavy atom. The molecule has 0 aliphatic carbocycles. The van der Waals surface area contributed by atoms with Crippen molar-refractivity contribution in [2.45, 2.75) is 66.0 Å². The summed E-state index contributed by atoms with van der Waals surface area (Å²) in [5.74, 6) is 0.475. The molecule has 0 N–H and O–H groups in total. The van der Waals surface area contributed by atoms with Crippen molar-refractivity contribution in [3.05, 3.63) is 59.2 Å². The molecule has 0 spiro atoms. The van der Waals surface area contributed by atoms with E-state index in [4.69, 9.17) is 4.74 Å². The molecule has 0 radical (unpaired) electrons. The van der Waals surface area contributed by atoms with Crippen LogP contribution in [0.25, 0.3) is 0 Å². The highest BCUT2D eigenvalue weighted by atomic mass is 16.5. The first-order valence-electron chi connectivity index (χ1n) is 11.0. The van der Waals surface area contributed by atoms with Gasteiger partial charge in [0.05, 0.1) is 6.54 Å². The lowest BCUT2D eigenvalue weighted by Crippen LogP contribution is -2.36. The molecule has 0 bridgehead atoms. The van der Waals surface area contributed by atoms with Gasteiger partial charge in [-0.25, -0.2) is 0 Å². The molecule has 2 aromatic rings. The van der Waals surface area contributed by atoms with Gasteiger partial charge in [0.25, 0.3) is 0 Å². The standard InChI is InChI=1S/C26H38N2O2/c1-19(2)28(20(3)4)23-14-9-12-22(17-23)13-10-15-24-21(5)11-8-16-25(24)30-26(29)18-27(6)7/h8-9,11-12,14,16-17,19-20H,10,13,15,18H2,1-7H3. The number of carbonyl (C=O) groups is 1. The van der Waals surface area contributed by atoms with Gasteiger partial charge in [0.1, 0.15) is 5.75 Å². The lowest BCUT2D eigenvalue weighted by Gasteiger charge is -2.33. The molecule has 0 unspecified atom stereocenters. The molecular formula is C26H38N2O2. The molecule has 0 aliphatic rings. The number of carbonyl (C=O) groups excluding carboxylic acids is 1. The summed E-state index contributed by atoms with van der Waals surface area (Å²) in [7, 11) is 3.73. The predicted octanol–water partition coefficient (Wildman–Crippen LogP) is 5.26. The zero-order chi connectivity index (χ0) is 22.3. The van der Waals surface area contributed by atoms with Gasteiger partial charge < -0.3 is 9.64 Å². The molecule has 0 aromatic heterocycles. The van der Waals surface area contributed by atoms with E-state index in [1.807, 2.05) is 31.1 Å². The van der Waals surface area contributed by atoms with Crippen LogP contribution in [0.1, 0.15) is 50.8 Å². The number of aryl methyl sites for hydroxylation is 2. The fourth-order valence-electron chi connectivity index (χ4n) is 4.04. The summed E-state index contributed by atoms with van der Waals surface area (Å²) in [6, 6.07) is 15.7. The quantitative estimate of drug-likeness (QED) is 0.395. The van der Waals surface area contributed by atoms with Gasteiger partial charge in [-0.3, -0.25) is 9.69 Å². The third-order valence-electron chi connectivity index (χ3n) is 5.25. The van der Waals surface area contributed by atoms with Crippen LogP contribution >= 0.6 is 0 Å². The van der Waals surface area contributed by atoms with E-state index in [1.165, 1.54) is 16.8 Å².